The van der Waals surface area contributed by atoms with Gasteiger partial charge >= 0.3 is 0 Å². The van der Waals surface area contributed by atoms with Crippen LogP contribution in [0.1, 0.15) is 50.5 Å². The maximum atomic E-state index is 13.5. The maximum absolute atomic E-state index is 13.5. The Morgan fingerprint density at radius 3 is 2.61 bits per heavy atom. The van der Waals surface area contributed by atoms with Gasteiger partial charge in [-0.05, 0) is 36.8 Å². The Hall–Kier alpha value is -0.890. The molecule has 2 N–H and O–H groups in total. The molecule has 1 aromatic carbocycles. The van der Waals surface area contributed by atoms with E-state index in [9.17, 15) is 4.39 Å². The minimum Gasteiger partial charge on any atom is -0.327 e. The molecule has 18 heavy (non-hydrogen) atoms. The van der Waals surface area contributed by atoms with Crippen molar-refractivity contribution < 1.29 is 4.39 Å². The largest absolute Gasteiger partial charge is 0.327 e. The molecule has 0 bridgehead atoms. The van der Waals surface area contributed by atoms with Crippen LogP contribution in [0.25, 0.3) is 0 Å². The maximum Gasteiger partial charge on any atom is 0.126 e. The molecule has 1 fully saturated rings. The summed E-state index contributed by atoms with van der Waals surface area (Å²) in [6, 6.07) is 7.07. The predicted octanol–water partition coefficient (Wildman–Crippen LogP) is 4.06. The average molecular weight is 249 g/mol. The van der Waals surface area contributed by atoms with Crippen molar-refractivity contribution in [3.8, 4) is 0 Å². The highest BCUT2D eigenvalue weighted by molar-refractivity contribution is 5.18. The Morgan fingerprint density at radius 1 is 1.17 bits per heavy atom. The van der Waals surface area contributed by atoms with Crippen LogP contribution in [-0.4, -0.2) is 6.04 Å². The normalized spacial score (nSPS) is 18.8. The van der Waals surface area contributed by atoms with Crippen LogP contribution in [0.4, 0.5) is 4.39 Å². The van der Waals surface area contributed by atoms with Gasteiger partial charge in [0.2, 0.25) is 0 Å². The van der Waals surface area contributed by atoms with Crippen molar-refractivity contribution in [1.82, 2.24) is 0 Å². The molecule has 0 amide bonds. The van der Waals surface area contributed by atoms with Gasteiger partial charge in [-0.3, -0.25) is 0 Å². The minimum atomic E-state index is -0.120. The molecule has 1 unspecified atom stereocenters. The summed E-state index contributed by atoms with van der Waals surface area (Å²) >= 11 is 0. The predicted molar refractivity (Wildman–Crippen MR) is 73.9 cm³/mol. The molecule has 1 saturated carbocycles. The molecular weight excluding hydrogens is 225 g/mol. The van der Waals surface area contributed by atoms with Gasteiger partial charge in [-0.2, -0.15) is 0 Å². The van der Waals surface area contributed by atoms with E-state index in [2.05, 4.69) is 0 Å². The van der Waals surface area contributed by atoms with Crippen molar-refractivity contribution in [3.63, 3.8) is 0 Å². The van der Waals surface area contributed by atoms with E-state index in [0.717, 1.165) is 17.9 Å². The fourth-order valence-corrected chi connectivity index (χ4v) is 2.97. The van der Waals surface area contributed by atoms with Gasteiger partial charge in [-0.15, -0.1) is 0 Å². The zero-order valence-electron chi connectivity index (χ0n) is 11.1. The van der Waals surface area contributed by atoms with Gasteiger partial charge in [0.15, 0.2) is 0 Å². The standard InChI is InChI=1S/C16H24FN/c17-16-9-5-4-8-14(16)12-15(18)11-10-13-6-2-1-3-7-13/h4-5,8-9,13,15H,1-3,6-7,10-12,18H2. The molecule has 1 aliphatic rings. The number of benzene rings is 1. The van der Waals surface area contributed by atoms with Crippen LogP contribution >= 0.6 is 0 Å². The average Bonchev–Trinajstić information content (AvgIpc) is 2.40. The molecule has 100 valence electrons. The quantitative estimate of drug-likeness (QED) is 0.837. The Morgan fingerprint density at radius 2 is 1.89 bits per heavy atom. The SMILES string of the molecule is NC(CCC1CCCCC1)Cc1ccccc1F. The summed E-state index contributed by atoms with van der Waals surface area (Å²) in [6.45, 7) is 0. The molecule has 0 aliphatic heterocycles. The molecule has 0 aromatic heterocycles. The van der Waals surface area contributed by atoms with Crippen molar-refractivity contribution in [2.75, 3.05) is 0 Å². The molecule has 1 aliphatic carbocycles. The van der Waals surface area contributed by atoms with Gasteiger partial charge in [-0.25, -0.2) is 4.39 Å². The summed E-state index contributed by atoms with van der Waals surface area (Å²) in [4.78, 5) is 0. The second kappa shape index (κ2) is 6.89. The third-order valence-corrected chi connectivity index (χ3v) is 4.11. The van der Waals surface area contributed by atoms with Gasteiger partial charge in [-0.1, -0.05) is 50.3 Å². The molecule has 0 spiro atoms. The third-order valence-electron chi connectivity index (χ3n) is 4.11. The number of hydrogen-bond donors (Lipinski definition) is 1. The summed E-state index contributed by atoms with van der Waals surface area (Å²) in [6.07, 6.45) is 9.81. The molecule has 0 heterocycles. The molecule has 1 aromatic rings. The lowest BCUT2D eigenvalue weighted by Crippen LogP contribution is -2.24. The van der Waals surface area contributed by atoms with Gasteiger partial charge in [0.25, 0.3) is 0 Å². The molecule has 0 saturated heterocycles. The lowest BCUT2D eigenvalue weighted by atomic mass is 9.85. The van der Waals surface area contributed by atoms with Crippen LogP contribution < -0.4 is 5.73 Å². The van der Waals surface area contributed by atoms with Crippen LogP contribution in [0.3, 0.4) is 0 Å². The van der Waals surface area contributed by atoms with Crippen molar-refractivity contribution >= 4 is 0 Å². The van der Waals surface area contributed by atoms with Crippen molar-refractivity contribution in [2.24, 2.45) is 11.7 Å². The molecular formula is C16H24FN. The van der Waals surface area contributed by atoms with Crippen LogP contribution in [0.15, 0.2) is 24.3 Å². The van der Waals surface area contributed by atoms with Crippen LogP contribution in [0.2, 0.25) is 0 Å². The lowest BCUT2D eigenvalue weighted by molar-refractivity contribution is 0.322. The van der Waals surface area contributed by atoms with E-state index in [0.29, 0.717) is 6.42 Å². The molecule has 1 atom stereocenters. The van der Waals surface area contributed by atoms with Crippen LogP contribution in [-0.2, 0) is 6.42 Å². The summed E-state index contributed by atoms with van der Waals surface area (Å²) in [5.41, 5.74) is 6.88. The lowest BCUT2D eigenvalue weighted by Gasteiger charge is -2.23. The van der Waals surface area contributed by atoms with Crippen LogP contribution in [0, 0.1) is 11.7 Å². The highest BCUT2D eigenvalue weighted by Gasteiger charge is 2.15. The van der Waals surface area contributed by atoms with E-state index in [4.69, 9.17) is 5.73 Å². The molecule has 2 heteroatoms. The number of rotatable bonds is 5. The number of nitrogens with two attached hydrogens (primary N) is 1. The monoisotopic (exact) mass is 249 g/mol. The topological polar surface area (TPSA) is 26.0 Å². The Bertz CT molecular complexity index is 358. The first-order valence-electron chi connectivity index (χ1n) is 7.24. The fourth-order valence-electron chi connectivity index (χ4n) is 2.97. The van der Waals surface area contributed by atoms with Gasteiger partial charge < -0.3 is 5.73 Å². The summed E-state index contributed by atoms with van der Waals surface area (Å²) in [5.74, 6) is 0.746. The second-order valence-corrected chi connectivity index (χ2v) is 5.64. The Balaban J connectivity index is 1.74. The van der Waals surface area contributed by atoms with Crippen molar-refractivity contribution in [1.29, 1.82) is 0 Å². The second-order valence-electron chi connectivity index (χ2n) is 5.64. The van der Waals surface area contributed by atoms with E-state index in [-0.39, 0.29) is 11.9 Å². The molecule has 2 rings (SSSR count). The van der Waals surface area contributed by atoms with Gasteiger partial charge in [0.05, 0.1) is 0 Å². The molecule has 0 radical (unpaired) electrons. The summed E-state index contributed by atoms with van der Waals surface area (Å²) in [5, 5.41) is 0. The van der Waals surface area contributed by atoms with Gasteiger partial charge in [0, 0.05) is 6.04 Å². The first-order valence-corrected chi connectivity index (χ1v) is 7.24. The highest BCUT2D eigenvalue weighted by Crippen LogP contribution is 2.27. The van der Waals surface area contributed by atoms with E-state index in [1.807, 2.05) is 12.1 Å². The third kappa shape index (κ3) is 4.09. The van der Waals surface area contributed by atoms with E-state index < -0.39 is 0 Å². The van der Waals surface area contributed by atoms with Crippen molar-refractivity contribution in [2.45, 2.75) is 57.4 Å². The summed E-state index contributed by atoms with van der Waals surface area (Å²) < 4.78 is 13.5. The highest BCUT2D eigenvalue weighted by atomic mass is 19.1. The van der Waals surface area contributed by atoms with E-state index >= 15 is 0 Å². The first kappa shape index (κ1) is 13.5. The molecule has 1 nitrogen and oxygen atoms in total. The first-order chi connectivity index (χ1) is 8.75. The van der Waals surface area contributed by atoms with Crippen LogP contribution in [0.5, 0.6) is 0 Å². The zero-order chi connectivity index (χ0) is 12.8. The van der Waals surface area contributed by atoms with E-state index in [1.54, 1.807) is 6.07 Å². The van der Waals surface area contributed by atoms with Crippen molar-refractivity contribution in [3.05, 3.63) is 35.6 Å². The Kier molecular flexibility index (Phi) is 5.18. The zero-order valence-corrected chi connectivity index (χ0v) is 11.1. The number of hydrogen-bond acceptors (Lipinski definition) is 1. The minimum absolute atomic E-state index is 0.101. The summed E-state index contributed by atoms with van der Waals surface area (Å²) in [7, 11) is 0. The number of halogens is 1. The van der Waals surface area contributed by atoms with Gasteiger partial charge in [0.1, 0.15) is 5.82 Å². The fraction of sp³-hybridized carbons (Fsp3) is 0.625. The van der Waals surface area contributed by atoms with E-state index in [1.165, 1.54) is 44.6 Å². The smallest absolute Gasteiger partial charge is 0.126 e. The Labute approximate surface area is 110 Å².